The van der Waals surface area contributed by atoms with E-state index in [0.717, 1.165) is 0 Å². The number of alkyl halides is 3. The minimum Gasteiger partial charge on any atom is -0.479 e. The molecule has 0 amide bonds. The summed E-state index contributed by atoms with van der Waals surface area (Å²) in [5.74, 6) is 0.388. The summed E-state index contributed by atoms with van der Waals surface area (Å²) >= 11 is 0. The van der Waals surface area contributed by atoms with Crippen LogP contribution in [-0.4, -0.2) is 29.0 Å². The summed E-state index contributed by atoms with van der Waals surface area (Å²) in [5, 5.41) is 12.2. The Balaban J connectivity index is 2.30. The van der Waals surface area contributed by atoms with Crippen LogP contribution in [0.2, 0.25) is 0 Å². The first-order valence-electron chi connectivity index (χ1n) is 6.55. The molecule has 1 N–H and O–H groups in total. The largest absolute Gasteiger partial charge is 0.522 e. The van der Waals surface area contributed by atoms with Crippen molar-refractivity contribution in [2.75, 3.05) is 0 Å². The quantitative estimate of drug-likeness (QED) is 0.683. The molecule has 0 bridgehead atoms. The van der Waals surface area contributed by atoms with E-state index in [0.29, 0.717) is 18.6 Å². The average molecular weight is 303 g/mol. The van der Waals surface area contributed by atoms with Gasteiger partial charge in [0.25, 0.3) is 0 Å². The van der Waals surface area contributed by atoms with Crippen molar-refractivity contribution in [1.82, 2.24) is 0 Å². The van der Waals surface area contributed by atoms with Gasteiger partial charge in [-0.05, 0) is 38.3 Å². The molecule has 0 heterocycles. The Kier molecular flexibility index (Phi) is 4.41. The van der Waals surface area contributed by atoms with Gasteiger partial charge in [-0.15, -0.1) is 13.2 Å². The normalized spacial score (nSPS) is 28.6. The second kappa shape index (κ2) is 5.93. The smallest absolute Gasteiger partial charge is 0.479 e. The molecule has 0 spiro atoms. The molecular weight excluding hydrogens is 287 g/mol. The van der Waals surface area contributed by atoms with Crippen molar-refractivity contribution in [3.63, 3.8) is 0 Å². The van der Waals surface area contributed by atoms with Crippen LogP contribution in [0.4, 0.5) is 13.2 Å². The number of hydrogen-bond donors (Lipinski definition) is 1. The van der Waals surface area contributed by atoms with Gasteiger partial charge < -0.3 is 9.94 Å². The Hall–Kier alpha value is -1.76. The van der Waals surface area contributed by atoms with E-state index in [4.69, 9.17) is 9.94 Å². The van der Waals surface area contributed by atoms with Gasteiger partial charge in [-0.3, -0.25) is 4.74 Å². The van der Waals surface area contributed by atoms with E-state index in [-0.39, 0.29) is 12.1 Å². The number of hydrogen-bond acceptors (Lipinski definition) is 4. The second-order valence-electron chi connectivity index (χ2n) is 5.01. The summed E-state index contributed by atoms with van der Waals surface area (Å²) in [4.78, 5) is 0. The van der Waals surface area contributed by atoms with Crippen LogP contribution in [0.3, 0.4) is 0 Å². The fraction of sp³-hybridized carbons (Fsp3) is 0.500. The van der Waals surface area contributed by atoms with Crippen molar-refractivity contribution in [2.24, 2.45) is 5.16 Å². The standard InChI is InChI=1S/C14H16F3NO3/c1-13(20-10-6-3-2-4-7-10)11(18-19)8-5-9-12(13)21-14(15,16)17/h2-4,6-7,12,19H,5,8-9H2,1H3. The number of para-hydroxylation sites is 1. The third-order valence-corrected chi connectivity index (χ3v) is 3.54. The highest BCUT2D eigenvalue weighted by atomic mass is 19.4. The molecule has 1 aromatic rings. The highest BCUT2D eigenvalue weighted by molar-refractivity contribution is 5.93. The van der Waals surface area contributed by atoms with E-state index in [1.807, 2.05) is 0 Å². The zero-order valence-corrected chi connectivity index (χ0v) is 11.4. The molecule has 0 saturated heterocycles. The van der Waals surface area contributed by atoms with E-state index < -0.39 is 18.1 Å². The van der Waals surface area contributed by atoms with E-state index >= 15 is 0 Å². The van der Waals surface area contributed by atoms with Crippen LogP contribution in [0.15, 0.2) is 35.5 Å². The van der Waals surface area contributed by atoms with Crippen LogP contribution in [-0.2, 0) is 4.74 Å². The summed E-state index contributed by atoms with van der Waals surface area (Å²) in [6, 6.07) is 8.42. The highest BCUT2D eigenvalue weighted by Crippen LogP contribution is 2.36. The van der Waals surface area contributed by atoms with Crippen LogP contribution < -0.4 is 4.74 Å². The Bertz CT molecular complexity index is 504. The summed E-state index contributed by atoms with van der Waals surface area (Å²) < 4.78 is 47.6. The van der Waals surface area contributed by atoms with Crippen LogP contribution in [0.1, 0.15) is 26.2 Å². The summed E-state index contributed by atoms with van der Waals surface area (Å²) in [5.41, 5.74) is -1.32. The molecule has 2 unspecified atom stereocenters. The van der Waals surface area contributed by atoms with Gasteiger partial charge in [0, 0.05) is 0 Å². The van der Waals surface area contributed by atoms with E-state index in [1.54, 1.807) is 30.3 Å². The third-order valence-electron chi connectivity index (χ3n) is 3.54. The lowest BCUT2D eigenvalue weighted by Crippen LogP contribution is -2.56. The van der Waals surface area contributed by atoms with E-state index in [9.17, 15) is 13.2 Å². The molecule has 1 aliphatic rings. The molecule has 0 aromatic heterocycles. The van der Waals surface area contributed by atoms with Crippen molar-refractivity contribution in [3.8, 4) is 5.75 Å². The summed E-state index contributed by atoms with van der Waals surface area (Å²) in [6.07, 6.45) is -5.07. The molecule has 21 heavy (non-hydrogen) atoms. The molecule has 4 nitrogen and oxygen atoms in total. The molecular formula is C14H16F3NO3. The Labute approximate surface area is 120 Å². The van der Waals surface area contributed by atoms with Crippen LogP contribution >= 0.6 is 0 Å². The molecule has 1 fully saturated rings. The highest BCUT2D eigenvalue weighted by Gasteiger charge is 2.50. The monoisotopic (exact) mass is 303 g/mol. The van der Waals surface area contributed by atoms with Crippen molar-refractivity contribution >= 4 is 5.71 Å². The number of oxime groups is 1. The second-order valence-corrected chi connectivity index (χ2v) is 5.01. The first kappa shape index (κ1) is 15.6. The molecule has 1 aromatic carbocycles. The predicted molar refractivity (Wildman–Crippen MR) is 69.5 cm³/mol. The van der Waals surface area contributed by atoms with E-state index in [2.05, 4.69) is 9.89 Å². The van der Waals surface area contributed by atoms with Gasteiger partial charge in [0.2, 0.25) is 0 Å². The van der Waals surface area contributed by atoms with Crippen molar-refractivity contribution in [1.29, 1.82) is 0 Å². The molecule has 1 saturated carbocycles. The molecule has 116 valence electrons. The van der Waals surface area contributed by atoms with Crippen molar-refractivity contribution < 1.29 is 27.9 Å². The molecule has 0 radical (unpaired) electrons. The van der Waals surface area contributed by atoms with Gasteiger partial charge in [-0.1, -0.05) is 23.4 Å². The number of benzene rings is 1. The third kappa shape index (κ3) is 3.66. The van der Waals surface area contributed by atoms with E-state index in [1.165, 1.54) is 6.92 Å². The molecule has 7 heteroatoms. The molecule has 2 atom stereocenters. The number of nitrogens with zero attached hydrogens (tertiary/aromatic N) is 1. The van der Waals surface area contributed by atoms with Crippen LogP contribution in [0.25, 0.3) is 0 Å². The van der Waals surface area contributed by atoms with Gasteiger partial charge in [0.05, 0.1) is 0 Å². The number of ether oxygens (including phenoxy) is 2. The fourth-order valence-corrected chi connectivity index (χ4v) is 2.50. The predicted octanol–water partition coefficient (Wildman–Crippen LogP) is 3.74. The minimum absolute atomic E-state index is 0.145. The SMILES string of the molecule is CC1(Oc2ccccc2)C(=NO)CCCC1OC(F)(F)F. The zero-order chi connectivity index (χ0) is 15.5. The van der Waals surface area contributed by atoms with Crippen molar-refractivity contribution in [2.45, 2.75) is 44.3 Å². The number of halogens is 3. The van der Waals surface area contributed by atoms with Gasteiger partial charge in [-0.2, -0.15) is 0 Å². The van der Waals surface area contributed by atoms with Crippen LogP contribution in [0.5, 0.6) is 5.75 Å². The maximum absolute atomic E-state index is 12.6. The first-order chi connectivity index (χ1) is 9.85. The Morgan fingerprint density at radius 1 is 1.29 bits per heavy atom. The van der Waals surface area contributed by atoms with Gasteiger partial charge in [0.1, 0.15) is 17.6 Å². The lowest BCUT2D eigenvalue weighted by atomic mass is 9.81. The Morgan fingerprint density at radius 2 is 1.95 bits per heavy atom. The maximum atomic E-state index is 12.6. The van der Waals surface area contributed by atoms with Crippen molar-refractivity contribution in [3.05, 3.63) is 30.3 Å². The zero-order valence-electron chi connectivity index (χ0n) is 11.4. The average Bonchev–Trinajstić information content (AvgIpc) is 2.41. The Morgan fingerprint density at radius 3 is 2.52 bits per heavy atom. The first-order valence-corrected chi connectivity index (χ1v) is 6.55. The van der Waals surface area contributed by atoms with Gasteiger partial charge in [-0.25, -0.2) is 0 Å². The molecule has 1 aliphatic carbocycles. The van der Waals surface area contributed by atoms with Crippen LogP contribution in [0, 0.1) is 0 Å². The lowest BCUT2D eigenvalue weighted by Gasteiger charge is -2.41. The fourth-order valence-electron chi connectivity index (χ4n) is 2.50. The summed E-state index contributed by atoms with van der Waals surface area (Å²) in [6.45, 7) is 1.45. The lowest BCUT2D eigenvalue weighted by molar-refractivity contribution is -0.354. The minimum atomic E-state index is -4.77. The molecule has 0 aliphatic heterocycles. The summed E-state index contributed by atoms with van der Waals surface area (Å²) in [7, 11) is 0. The van der Waals surface area contributed by atoms with Gasteiger partial charge in [0.15, 0.2) is 5.60 Å². The molecule has 2 rings (SSSR count). The topological polar surface area (TPSA) is 51.0 Å². The maximum Gasteiger partial charge on any atom is 0.522 e. The van der Waals surface area contributed by atoms with Gasteiger partial charge >= 0.3 is 6.36 Å². The number of rotatable bonds is 3.